The highest BCUT2D eigenvalue weighted by Gasteiger charge is 2.37. The van der Waals surface area contributed by atoms with Crippen molar-refractivity contribution in [1.82, 2.24) is 19.5 Å². The Morgan fingerprint density at radius 3 is 2.56 bits per heavy atom. The summed E-state index contributed by atoms with van der Waals surface area (Å²) >= 11 is 0. The highest BCUT2D eigenvalue weighted by Crippen LogP contribution is 2.37. The van der Waals surface area contributed by atoms with Crippen molar-refractivity contribution in [3.8, 4) is 0 Å². The summed E-state index contributed by atoms with van der Waals surface area (Å²) in [4.78, 5) is 35.1. The molecule has 1 saturated heterocycles. The van der Waals surface area contributed by atoms with Crippen LogP contribution in [-0.2, 0) is 20.7 Å². The molecule has 11 nitrogen and oxygen atoms in total. The van der Waals surface area contributed by atoms with Gasteiger partial charge in [-0.25, -0.2) is 14.6 Å². The fraction of sp³-hybridized carbons (Fsp3) is 0.571. The molecule has 39 heavy (non-hydrogen) atoms. The van der Waals surface area contributed by atoms with E-state index < -0.39 is 23.2 Å². The van der Waals surface area contributed by atoms with E-state index in [9.17, 15) is 9.59 Å². The number of ether oxygens (including phenoxy) is 2. The predicted octanol–water partition coefficient (Wildman–Crippen LogP) is 4.58. The van der Waals surface area contributed by atoms with Crippen molar-refractivity contribution in [2.75, 3.05) is 29.9 Å². The van der Waals surface area contributed by atoms with Crippen molar-refractivity contribution >= 4 is 29.3 Å². The largest absolute Gasteiger partial charge is 0.467 e. The lowest BCUT2D eigenvalue weighted by atomic mass is 10.0. The van der Waals surface area contributed by atoms with Crippen LogP contribution >= 0.6 is 0 Å². The van der Waals surface area contributed by atoms with Crippen LogP contribution in [0.25, 0.3) is 5.65 Å². The molecule has 2 aliphatic rings. The van der Waals surface area contributed by atoms with Crippen molar-refractivity contribution in [2.45, 2.75) is 84.1 Å². The topological polar surface area (TPSA) is 114 Å². The van der Waals surface area contributed by atoms with Gasteiger partial charge in [-0.3, -0.25) is 0 Å². The van der Waals surface area contributed by atoms with Crippen molar-refractivity contribution < 1.29 is 23.5 Å². The van der Waals surface area contributed by atoms with Crippen molar-refractivity contribution in [2.24, 2.45) is 0 Å². The zero-order chi connectivity index (χ0) is 27.9. The number of carbonyl (C=O) groups is 2. The lowest BCUT2D eigenvalue weighted by Crippen LogP contribution is -2.50. The average Bonchev–Trinajstić information content (AvgIpc) is 3.60. The first kappa shape index (κ1) is 26.8. The first-order valence-electron chi connectivity index (χ1n) is 13.5. The number of aromatic nitrogens is 3. The molecule has 1 fully saturated rings. The molecule has 3 aromatic rings. The first-order chi connectivity index (χ1) is 18.4. The summed E-state index contributed by atoms with van der Waals surface area (Å²) in [7, 11) is 0. The van der Waals surface area contributed by atoms with E-state index in [1.54, 1.807) is 27.7 Å². The Balaban J connectivity index is 1.46. The van der Waals surface area contributed by atoms with E-state index in [4.69, 9.17) is 18.9 Å². The lowest BCUT2D eigenvalue weighted by Gasteiger charge is -2.38. The zero-order valence-corrected chi connectivity index (χ0v) is 23.6. The summed E-state index contributed by atoms with van der Waals surface area (Å²) in [6.07, 6.45) is 5.48. The van der Waals surface area contributed by atoms with Gasteiger partial charge in [-0.2, -0.15) is 9.61 Å². The maximum Gasteiger partial charge on any atom is 0.410 e. The van der Waals surface area contributed by atoms with Gasteiger partial charge in [0, 0.05) is 37.3 Å². The maximum atomic E-state index is 13.3. The molecule has 11 heteroatoms. The quantitative estimate of drug-likeness (QED) is 0.466. The summed E-state index contributed by atoms with van der Waals surface area (Å²) in [5, 5.41) is 7.88. The minimum absolute atomic E-state index is 0.102. The predicted molar refractivity (Wildman–Crippen MR) is 146 cm³/mol. The summed E-state index contributed by atoms with van der Waals surface area (Å²) in [6.45, 7) is 13.1. The van der Waals surface area contributed by atoms with E-state index in [1.165, 1.54) is 6.26 Å². The van der Waals surface area contributed by atoms with Crippen LogP contribution in [0.15, 0.2) is 35.1 Å². The number of esters is 1. The molecule has 1 N–H and O–H groups in total. The molecule has 210 valence electrons. The van der Waals surface area contributed by atoms with Crippen LogP contribution < -0.4 is 10.2 Å². The monoisotopic (exact) mass is 538 g/mol. The molecule has 0 aromatic carbocycles. The maximum absolute atomic E-state index is 13.3. The van der Waals surface area contributed by atoms with Gasteiger partial charge in [0.1, 0.15) is 28.6 Å². The number of amides is 1. The molecule has 1 amide bonds. The van der Waals surface area contributed by atoms with Gasteiger partial charge in [-0.15, -0.1) is 0 Å². The van der Waals surface area contributed by atoms with Crippen molar-refractivity contribution in [1.29, 1.82) is 0 Å². The Labute approximate surface area is 228 Å². The number of carbonyl (C=O) groups excluding carboxylic acids is 2. The first-order valence-corrected chi connectivity index (χ1v) is 13.5. The van der Waals surface area contributed by atoms with E-state index in [2.05, 4.69) is 15.3 Å². The highest BCUT2D eigenvalue weighted by molar-refractivity contribution is 5.82. The number of hydrogen-bond donors (Lipinski definition) is 1. The number of hydrogen-bond acceptors (Lipinski definition) is 9. The summed E-state index contributed by atoms with van der Waals surface area (Å²) in [5.41, 5.74) is 0.410. The van der Waals surface area contributed by atoms with Gasteiger partial charge >= 0.3 is 12.1 Å². The molecule has 3 aromatic heterocycles. The van der Waals surface area contributed by atoms with Crippen LogP contribution in [0.1, 0.15) is 71.7 Å². The normalized spacial score (nSPS) is 18.7. The summed E-state index contributed by atoms with van der Waals surface area (Å²) < 4.78 is 18.7. The number of fused-ring (bicyclic) bond motifs is 2. The minimum atomic E-state index is -0.871. The molecule has 5 heterocycles. The Hall–Kier alpha value is -3.76. The number of nitrogens with one attached hydrogen (secondary N) is 1. The molecule has 0 aliphatic carbocycles. The Morgan fingerprint density at radius 2 is 1.87 bits per heavy atom. The molecule has 0 radical (unpaired) electrons. The molecular formula is C28H38N6O5. The number of likely N-dealkylation sites (tertiary alicyclic amines) is 1. The molecule has 0 bridgehead atoms. The van der Waals surface area contributed by atoms with E-state index in [0.29, 0.717) is 36.7 Å². The third-order valence-corrected chi connectivity index (χ3v) is 6.73. The molecule has 0 saturated carbocycles. The second-order valence-corrected chi connectivity index (χ2v) is 12.2. The van der Waals surface area contributed by atoms with Crippen LogP contribution in [0.3, 0.4) is 0 Å². The van der Waals surface area contributed by atoms with E-state index in [0.717, 1.165) is 30.8 Å². The standard InChI is InChI=1S/C28H38N6O5/c1-27(2,3)38-25(35)22(20-10-8-16-37-20)31-24-19-12-15-33(23(19)30-21-11-13-29-34(21)24)18-9-7-14-32(17-18)26(36)39-28(4,5)6/h8,10-11,13,16,18,22,31H,7,9,12,14-15,17H2,1-6H3/t18-,22?/m0/s1. The third-order valence-electron chi connectivity index (χ3n) is 6.73. The van der Waals surface area contributed by atoms with Crippen LogP contribution in [-0.4, -0.2) is 68.4 Å². The molecule has 2 atom stereocenters. The van der Waals surface area contributed by atoms with E-state index in [1.807, 2.05) is 47.6 Å². The average molecular weight is 539 g/mol. The fourth-order valence-electron chi connectivity index (χ4n) is 5.17. The third kappa shape index (κ3) is 5.81. The minimum Gasteiger partial charge on any atom is -0.467 e. The number of anilines is 2. The van der Waals surface area contributed by atoms with Gasteiger partial charge in [-0.1, -0.05) is 0 Å². The Kier molecular flexibility index (Phi) is 6.94. The van der Waals surface area contributed by atoms with Crippen molar-refractivity contribution in [3.05, 3.63) is 42.0 Å². The second kappa shape index (κ2) is 10.1. The smallest absolute Gasteiger partial charge is 0.410 e. The van der Waals surface area contributed by atoms with Gasteiger partial charge in [0.15, 0.2) is 11.7 Å². The zero-order valence-electron chi connectivity index (χ0n) is 23.6. The summed E-state index contributed by atoms with van der Waals surface area (Å²) in [5.74, 6) is 1.52. The van der Waals surface area contributed by atoms with E-state index in [-0.39, 0.29) is 12.1 Å². The lowest BCUT2D eigenvalue weighted by molar-refractivity contribution is -0.156. The van der Waals surface area contributed by atoms with Crippen LogP contribution in [0.2, 0.25) is 0 Å². The number of furan rings is 1. The Morgan fingerprint density at radius 1 is 1.10 bits per heavy atom. The number of nitrogens with zero attached hydrogens (tertiary/aromatic N) is 5. The SMILES string of the molecule is CC(C)(C)OC(=O)C(Nc1c2c(nc3ccnn13)N([C@H]1CCCN(C(=O)OC(C)(C)C)C1)CC2)c1ccco1. The second-order valence-electron chi connectivity index (χ2n) is 12.2. The highest BCUT2D eigenvalue weighted by atomic mass is 16.6. The van der Waals surface area contributed by atoms with Crippen LogP contribution in [0.4, 0.5) is 16.4 Å². The number of piperidine rings is 1. The van der Waals surface area contributed by atoms with E-state index >= 15 is 0 Å². The van der Waals surface area contributed by atoms with Crippen LogP contribution in [0, 0.1) is 0 Å². The fourth-order valence-corrected chi connectivity index (χ4v) is 5.17. The van der Waals surface area contributed by atoms with Gasteiger partial charge in [-0.05, 0) is 72.9 Å². The summed E-state index contributed by atoms with van der Waals surface area (Å²) in [6, 6.07) is 4.57. The van der Waals surface area contributed by atoms with Gasteiger partial charge in [0.2, 0.25) is 0 Å². The van der Waals surface area contributed by atoms with Gasteiger partial charge in [0.25, 0.3) is 0 Å². The molecule has 5 rings (SSSR count). The molecule has 1 unspecified atom stereocenters. The van der Waals surface area contributed by atoms with Crippen molar-refractivity contribution in [3.63, 3.8) is 0 Å². The Bertz CT molecular complexity index is 1340. The van der Waals surface area contributed by atoms with Gasteiger partial charge < -0.3 is 29.0 Å². The van der Waals surface area contributed by atoms with Crippen LogP contribution in [0.5, 0.6) is 0 Å². The molecular weight excluding hydrogens is 500 g/mol. The van der Waals surface area contributed by atoms with Gasteiger partial charge in [0.05, 0.1) is 12.5 Å². The number of rotatable bonds is 5. The molecule has 0 spiro atoms. The molecule has 2 aliphatic heterocycles.